The Kier molecular flexibility index (Phi) is 6.86. The zero-order chi connectivity index (χ0) is 14.9. The molecule has 1 heterocycles. The minimum atomic E-state index is -0.174. The molecule has 2 aromatic rings. The average molecular weight is 307 g/mol. The Bertz CT molecular complexity index is 498. The second kappa shape index (κ2) is 8.93. The number of ether oxygens (including phenoxy) is 1. The molecule has 1 unspecified atom stereocenters. The lowest BCUT2D eigenvalue weighted by Gasteiger charge is -2.17. The van der Waals surface area contributed by atoms with Gasteiger partial charge in [-0.05, 0) is 54.4 Å². The van der Waals surface area contributed by atoms with Crippen LogP contribution in [0.1, 0.15) is 10.4 Å². The van der Waals surface area contributed by atoms with Gasteiger partial charge < -0.3 is 10.1 Å². The molecule has 0 saturated carbocycles. The van der Waals surface area contributed by atoms with Gasteiger partial charge in [0, 0.05) is 18.5 Å². The standard InChI is InChI=1S/C17H22FNOS/c1-20-9-8-19-13-15(12-17-3-2-10-21-17)11-14-4-6-16(18)7-5-14/h2-7,10,15,19H,8-9,11-13H2,1H3. The fourth-order valence-corrected chi connectivity index (χ4v) is 3.18. The van der Waals surface area contributed by atoms with Crippen molar-refractivity contribution in [1.82, 2.24) is 5.32 Å². The summed E-state index contributed by atoms with van der Waals surface area (Å²) in [6, 6.07) is 11.1. The summed E-state index contributed by atoms with van der Waals surface area (Å²) in [5.41, 5.74) is 1.19. The summed E-state index contributed by atoms with van der Waals surface area (Å²) in [5.74, 6) is 0.331. The summed E-state index contributed by atoms with van der Waals surface area (Å²) in [5, 5.41) is 5.55. The monoisotopic (exact) mass is 307 g/mol. The van der Waals surface area contributed by atoms with E-state index in [2.05, 4.69) is 22.8 Å². The minimum Gasteiger partial charge on any atom is -0.383 e. The van der Waals surface area contributed by atoms with Crippen LogP contribution in [-0.4, -0.2) is 26.8 Å². The van der Waals surface area contributed by atoms with Crippen LogP contribution in [0.15, 0.2) is 41.8 Å². The molecule has 0 aliphatic rings. The highest BCUT2D eigenvalue weighted by Crippen LogP contribution is 2.18. The van der Waals surface area contributed by atoms with Crippen molar-refractivity contribution in [3.05, 3.63) is 58.0 Å². The van der Waals surface area contributed by atoms with Gasteiger partial charge in [0.15, 0.2) is 0 Å². The number of hydrogen-bond donors (Lipinski definition) is 1. The first-order valence-corrected chi connectivity index (χ1v) is 8.12. The molecule has 0 amide bonds. The van der Waals surface area contributed by atoms with E-state index in [1.165, 1.54) is 22.6 Å². The van der Waals surface area contributed by atoms with Crippen molar-refractivity contribution in [2.45, 2.75) is 12.8 Å². The first-order chi connectivity index (χ1) is 10.3. The van der Waals surface area contributed by atoms with E-state index < -0.39 is 0 Å². The fraction of sp³-hybridized carbons (Fsp3) is 0.412. The van der Waals surface area contributed by atoms with Gasteiger partial charge in [0.05, 0.1) is 6.61 Å². The van der Waals surface area contributed by atoms with Crippen LogP contribution in [0.25, 0.3) is 0 Å². The highest BCUT2D eigenvalue weighted by molar-refractivity contribution is 7.09. The van der Waals surface area contributed by atoms with E-state index in [0.717, 1.165) is 32.5 Å². The summed E-state index contributed by atoms with van der Waals surface area (Å²) in [4.78, 5) is 1.40. The lowest BCUT2D eigenvalue weighted by Crippen LogP contribution is -2.28. The van der Waals surface area contributed by atoms with E-state index in [1.807, 2.05) is 12.1 Å². The number of rotatable bonds is 9. The number of nitrogens with one attached hydrogen (secondary N) is 1. The first-order valence-electron chi connectivity index (χ1n) is 7.24. The van der Waals surface area contributed by atoms with Crippen LogP contribution in [-0.2, 0) is 17.6 Å². The van der Waals surface area contributed by atoms with E-state index in [4.69, 9.17) is 4.74 Å². The minimum absolute atomic E-state index is 0.174. The lowest BCUT2D eigenvalue weighted by molar-refractivity contribution is 0.197. The van der Waals surface area contributed by atoms with Crippen LogP contribution in [0.2, 0.25) is 0 Å². The maximum atomic E-state index is 13.0. The van der Waals surface area contributed by atoms with Crippen LogP contribution in [0.5, 0.6) is 0 Å². The Morgan fingerprint density at radius 1 is 1.19 bits per heavy atom. The number of thiophene rings is 1. The van der Waals surface area contributed by atoms with Crippen LogP contribution in [0.3, 0.4) is 0 Å². The van der Waals surface area contributed by atoms with Crippen LogP contribution >= 0.6 is 11.3 Å². The molecule has 0 aliphatic carbocycles. The average Bonchev–Trinajstić information content (AvgIpc) is 2.99. The van der Waals surface area contributed by atoms with Crippen molar-refractivity contribution in [2.75, 3.05) is 26.8 Å². The second-order valence-electron chi connectivity index (χ2n) is 5.18. The molecule has 0 aliphatic heterocycles. The predicted octanol–water partition coefficient (Wildman–Crippen LogP) is 3.52. The van der Waals surface area contributed by atoms with Gasteiger partial charge >= 0.3 is 0 Å². The normalized spacial score (nSPS) is 12.5. The second-order valence-corrected chi connectivity index (χ2v) is 6.21. The predicted molar refractivity (Wildman–Crippen MR) is 86.4 cm³/mol. The van der Waals surface area contributed by atoms with E-state index in [0.29, 0.717) is 5.92 Å². The number of halogens is 1. The maximum Gasteiger partial charge on any atom is 0.123 e. The van der Waals surface area contributed by atoms with Crippen molar-refractivity contribution in [3.63, 3.8) is 0 Å². The highest BCUT2D eigenvalue weighted by atomic mass is 32.1. The molecule has 2 rings (SSSR count). The topological polar surface area (TPSA) is 21.3 Å². The van der Waals surface area contributed by atoms with Gasteiger partial charge in [-0.3, -0.25) is 0 Å². The third-order valence-electron chi connectivity index (χ3n) is 3.42. The van der Waals surface area contributed by atoms with Crippen LogP contribution < -0.4 is 5.32 Å². The molecule has 1 aromatic heterocycles. The zero-order valence-corrected chi connectivity index (χ0v) is 13.2. The molecule has 21 heavy (non-hydrogen) atoms. The zero-order valence-electron chi connectivity index (χ0n) is 12.3. The molecular weight excluding hydrogens is 285 g/mol. The molecule has 0 bridgehead atoms. The van der Waals surface area contributed by atoms with Crippen molar-refractivity contribution in [2.24, 2.45) is 5.92 Å². The van der Waals surface area contributed by atoms with Gasteiger partial charge in [0.1, 0.15) is 5.82 Å². The van der Waals surface area contributed by atoms with Crippen molar-refractivity contribution in [3.8, 4) is 0 Å². The summed E-state index contributed by atoms with van der Waals surface area (Å²) in [6.45, 7) is 2.53. The molecule has 0 fully saturated rings. The Labute approximate surface area is 130 Å². The van der Waals surface area contributed by atoms with Gasteiger partial charge in [-0.15, -0.1) is 11.3 Å². The lowest BCUT2D eigenvalue weighted by atomic mass is 9.95. The van der Waals surface area contributed by atoms with Gasteiger partial charge in [0.2, 0.25) is 0 Å². The number of hydrogen-bond acceptors (Lipinski definition) is 3. The van der Waals surface area contributed by atoms with Crippen molar-refractivity contribution < 1.29 is 9.13 Å². The molecule has 114 valence electrons. The summed E-state index contributed by atoms with van der Waals surface area (Å²) < 4.78 is 18.1. The molecule has 4 heteroatoms. The number of benzene rings is 1. The Morgan fingerprint density at radius 3 is 2.67 bits per heavy atom. The van der Waals surface area contributed by atoms with Gasteiger partial charge in [-0.25, -0.2) is 4.39 Å². The molecule has 1 atom stereocenters. The Hall–Kier alpha value is -1.23. The summed E-state index contributed by atoms with van der Waals surface area (Å²) in [7, 11) is 1.71. The van der Waals surface area contributed by atoms with E-state index >= 15 is 0 Å². The Morgan fingerprint density at radius 2 is 2.00 bits per heavy atom. The molecule has 2 nitrogen and oxygen atoms in total. The molecule has 0 spiro atoms. The van der Waals surface area contributed by atoms with E-state index in [9.17, 15) is 4.39 Å². The molecule has 0 radical (unpaired) electrons. The molecule has 1 N–H and O–H groups in total. The first kappa shape index (κ1) is 16.1. The van der Waals surface area contributed by atoms with Crippen molar-refractivity contribution >= 4 is 11.3 Å². The van der Waals surface area contributed by atoms with Gasteiger partial charge in [-0.2, -0.15) is 0 Å². The van der Waals surface area contributed by atoms with Crippen molar-refractivity contribution in [1.29, 1.82) is 0 Å². The smallest absolute Gasteiger partial charge is 0.123 e. The number of methoxy groups -OCH3 is 1. The maximum absolute atomic E-state index is 13.0. The van der Waals surface area contributed by atoms with Crippen LogP contribution in [0.4, 0.5) is 4.39 Å². The SMILES string of the molecule is COCCNCC(Cc1ccc(F)cc1)Cc1cccs1. The summed E-state index contributed by atoms with van der Waals surface area (Å²) in [6.07, 6.45) is 2.01. The quantitative estimate of drug-likeness (QED) is 0.716. The van der Waals surface area contributed by atoms with E-state index in [-0.39, 0.29) is 5.82 Å². The third kappa shape index (κ3) is 5.96. The van der Waals surface area contributed by atoms with Gasteiger partial charge in [-0.1, -0.05) is 18.2 Å². The third-order valence-corrected chi connectivity index (χ3v) is 4.32. The molecular formula is C17H22FNOS. The van der Waals surface area contributed by atoms with E-state index in [1.54, 1.807) is 18.4 Å². The van der Waals surface area contributed by atoms with Crippen LogP contribution in [0, 0.1) is 11.7 Å². The largest absolute Gasteiger partial charge is 0.383 e. The summed E-state index contributed by atoms with van der Waals surface area (Å²) >= 11 is 1.80. The Balaban J connectivity index is 1.91. The molecule has 1 aromatic carbocycles. The van der Waals surface area contributed by atoms with Gasteiger partial charge in [0.25, 0.3) is 0 Å². The fourth-order valence-electron chi connectivity index (χ4n) is 2.36. The molecule has 0 saturated heterocycles. The highest BCUT2D eigenvalue weighted by Gasteiger charge is 2.11.